The molecule has 2 aromatic carbocycles. The quantitative estimate of drug-likeness (QED) is 0.600. The fourth-order valence-corrected chi connectivity index (χ4v) is 3.86. The fraction of sp³-hybridized carbons (Fsp3) is 0.409. The fourth-order valence-electron chi connectivity index (χ4n) is 2.92. The summed E-state index contributed by atoms with van der Waals surface area (Å²) in [6, 6.07) is 12.8. The van der Waals surface area contributed by atoms with Crippen molar-refractivity contribution in [3.05, 3.63) is 64.7 Å². The highest BCUT2D eigenvalue weighted by molar-refractivity contribution is 7.92. The molecule has 0 heterocycles. The van der Waals surface area contributed by atoms with Gasteiger partial charge in [0, 0.05) is 25.3 Å². The molecule has 1 N–H and O–H groups in total. The molecule has 29 heavy (non-hydrogen) atoms. The van der Waals surface area contributed by atoms with Gasteiger partial charge in [0.15, 0.2) is 0 Å². The van der Waals surface area contributed by atoms with Crippen LogP contribution in [0.15, 0.2) is 42.5 Å². The Bertz CT molecular complexity index is 924. The van der Waals surface area contributed by atoms with Crippen LogP contribution < -0.4 is 9.62 Å². The van der Waals surface area contributed by atoms with Gasteiger partial charge in [0.25, 0.3) is 5.91 Å². The molecule has 158 valence electrons. The summed E-state index contributed by atoms with van der Waals surface area (Å²) in [5.41, 5.74) is 3.91. The molecule has 2 aromatic rings. The first kappa shape index (κ1) is 22.9. The maximum atomic E-state index is 12.4. The van der Waals surface area contributed by atoms with E-state index in [1.165, 1.54) is 10.6 Å². The Hall–Kier alpha value is -2.38. The number of ether oxygens (including phenoxy) is 1. The van der Waals surface area contributed by atoms with E-state index >= 15 is 0 Å². The maximum absolute atomic E-state index is 12.4. The van der Waals surface area contributed by atoms with Crippen molar-refractivity contribution >= 4 is 21.6 Å². The molecule has 0 aliphatic heterocycles. The van der Waals surface area contributed by atoms with Crippen LogP contribution in [-0.4, -0.2) is 40.3 Å². The SMILES string of the molecule is CCOCCCNC(=O)c1ccc(CN(c2cc(C)ccc2C)S(C)(=O)=O)cc1. The Morgan fingerprint density at radius 3 is 2.41 bits per heavy atom. The average Bonchev–Trinajstić information content (AvgIpc) is 2.67. The largest absolute Gasteiger partial charge is 0.382 e. The number of carbonyl (C=O) groups is 1. The number of amides is 1. The lowest BCUT2D eigenvalue weighted by atomic mass is 10.1. The molecule has 0 saturated carbocycles. The number of nitrogens with one attached hydrogen (secondary N) is 1. The van der Waals surface area contributed by atoms with E-state index in [1.807, 2.05) is 39.0 Å². The zero-order valence-corrected chi connectivity index (χ0v) is 18.4. The van der Waals surface area contributed by atoms with E-state index in [4.69, 9.17) is 4.74 Å². The van der Waals surface area contributed by atoms with Gasteiger partial charge >= 0.3 is 0 Å². The summed E-state index contributed by atoms with van der Waals surface area (Å²) in [5, 5.41) is 2.86. The Labute approximate surface area is 173 Å². The number of nitrogens with zero attached hydrogens (tertiary/aromatic N) is 1. The van der Waals surface area contributed by atoms with E-state index in [-0.39, 0.29) is 12.5 Å². The predicted octanol–water partition coefficient (Wildman–Crippen LogP) is 3.43. The zero-order valence-electron chi connectivity index (χ0n) is 17.6. The van der Waals surface area contributed by atoms with E-state index in [2.05, 4.69) is 5.32 Å². The van der Waals surface area contributed by atoms with E-state index in [0.717, 1.165) is 23.1 Å². The van der Waals surface area contributed by atoms with E-state index in [0.29, 0.717) is 31.0 Å². The molecule has 0 saturated heterocycles. The summed E-state index contributed by atoms with van der Waals surface area (Å²) in [4.78, 5) is 12.2. The minimum absolute atomic E-state index is 0.150. The number of aryl methyl sites for hydroxylation is 2. The molecule has 0 bridgehead atoms. The molecular formula is C22H30N2O4S. The van der Waals surface area contributed by atoms with Gasteiger partial charge in [0.2, 0.25) is 10.0 Å². The topological polar surface area (TPSA) is 75.7 Å². The minimum Gasteiger partial charge on any atom is -0.382 e. The molecule has 0 radical (unpaired) electrons. The second kappa shape index (κ2) is 10.4. The van der Waals surface area contributed by atoms with E-state index in [9.17, 15) is 13.2 Å². The Morgan fingerprint density at radius 1 is 1.10 bits per heavy atom. The highest BCUT2D eigenvalue weighted by Crippen LogP contribution is 2.26. The van der Waals surface area contributed by atoms with Crippen molar-refractivity contribution in [1.82, 2.24) is 5.32 Å². The van der Waals surface area contributed by atoms with Crippen molar-refractivity contribution < 1.29 is 17.9 Å². The molecule has 2 rings (SSSR count). The molecule has 0 unspecified atom stereocenters. The Morgan fingerprint density at radius 2 is 1.79 bits per heavy atom. The first-order chi connectivity index (χ1) is 13.7. The molecule has 0 aromatic heterocycles. The van der Waals surface area contributed by atoms with E-state index in [1.54, 1.807) is 24.3 Å². The van der Waals surface area contributed by atoms with Crippen LogP contribution in [0.2, 0.25) is 0 Å². The highest BCUT2D eigenvalue weighted by atomic mass is 32.2. The summed E-state index contributed by atoms with van der Waals surface area (Å²) in [6.45, 7) is 7.81. The molecule has 0 fully saturated rings. The maximum Gasteiger partial charge on any atom is 0.251 e. The normalized spacial score (nSPS) is 11.3. The summed E-state index contributed by atoms with van der Waals surface area (Å²) in [5.74, 6) is -0.150. The van der Waals surface area contributed by atoms with Gasteiger partial charge in [-0.1, -0.05) is 24.3 Å². The standard InChI is InChI=1S/C22H30N2O4S/c1-5-28-14-6-13-23-22(25)20-11-9-19(10-12-20)16-24(29(4,26)27)21-15-17(2)7-8-18(21)3/h7-12,15H,5-6,13-14,16H2,1-4H3,(H,23,25). The number of carbonyl (C=O) groups excluding carboxylic acids is 1. The molecule has 6 nitrogen and oxygen atoms in total. The summed E-state index contributed by atoms with van der Waals surface area (Å²) in [7, 11) is -3.46. The molecule has 0 aliphatic rings. The van der Waals surface area contributed by atoms with Crippen molar-refractivity contribution in [2.45, 2.75) is 33.7 Å². The van der Waals surface area contributed by atoms with Crippen molar-refractivity contribution in [1.29, 1.82) is 0 Å². The minimum atomic E-state index is -3.46. The van der Waals surface area contributed by atoms with Crippen molar-refractivity contribution in [2.75, 3.05) is 30.3 Å². The molecule has 0 spiro atoms. The van der Waals surface area contributed by atoms with Crippen LogP contribution >= 0.6 is 0 Å². The van der Waals surface area contributed by atoms with Crippen LogP contribution in [0.1, 0.15) is 40.4 Å². The number of hydrogen-bond donors (Lipinski definition) is 1. The highest BCUT2D eigenvalue weighted by Gasteiger charge is 2.20. The van der Waals surface area contributed by atoms with Crippen LogP contribution in [0, 0.1) is 13.8 Å². The van der Waals surface area contributed by atoms with Crippen molar-refractivity contribution in [3.63, 3.8) is 0 Å². The molecular weight excluding hydrogens is 388 g/mol. The Kier molecular flexibility index (Phi) is 8.22. The number of hydrogen-bond acceptors (Lipinski definition) is 4. The number of rotatable bonds is 10. The molecule has 0 aliphatic carbocycles. The van der Waals surface area contributed by atoms with Crippen LogP contribution in [0.25, 0.3) is 0 Å². The van der Waals surface area contributed by atoms with Crippen LogP contribution in [0.5, 0.6) is 0 Å². The predicted molar refractivity (Wildman–Crippen MR) is 117 cm³/mol. The smallest absolute Gasteiger partial charge is 0.251 e. The molecule has 0 atom stereocenters. The first-order valence-corrected chi connectivity index (χ1v) is 11.6. The third kappa shape index (κ3) is 6.87. The lowest BCUT2D eigenvalue weighted by Crippen LogP contribution is -2.30. The molecule has 1 amide bonds. The zero-order chi connectivity index (χ0) is 21.4. The van der Waals surface area contributed by atoms with Gasteiger partial charge in [0.1, 0.15) is 0 Å². The van der Waals surface area contributed by atoms with Gasteiger partial charge in [-0.15, -0.1) is 0 Å². The number of sulfonamides is 1. The second-order valence-electron chi connectivity index (χ2n) is 7.06. The van der Waals surface area contributed by atoms with E-state index < -0.39 is 10.0 Å². The van der Waals surface area contributed by atoms with Crippen LogP contribution in [0.4, 0.5) is 5.69 Å². The lowest BCUT2D eigenvalue weighted by Gasteiger charge is -2.25. The Balaban J connectivity index is 2.09. The van der Waals surface area contributed by atoms with Gasteiger partial charge < -0.3 is 10.1 Å². The van der Waals surface area contributed by atoms with Crippen molar-refractivity contribution in [2.24, 2.45) is 0 Å². The van der Waals surface area contributed by atoms with Gasteiger partial charge in [0.05, 0.1) is 18.5 Å². The summed E-state index contributed by atoms with van der Waals surface area (Å²) < 4.78 is 31.5. The van der Waals surface area contributed by atoms with Crippen molar-refractivity contribution in [3.8, 4) is 0 Å². The molecule has 7 heteroatoms. The summed E-state index contributed by atoms with van der Waals surface area (Å²) >= 11 is 0. The van der Waals surface area contributed by atoms with Gasteiger partial charge in [-0.3, -0.25) is 9.10 Å². The monoisotopic (exact) mass is 418 g/mol. The van der Waals surface area contributed by atoms with Gasteiger partial charge in [-0.2, -0.15) is 0 Å². The number of benzene rings is 2. The van der Waals surface area contributed by atoms with Crippen LogP contribution in [-0.2, 0) is 21.3 Å². The summed E-state index contributed by atoms with van der Waals surface area (Å²) in [6.07, 6.45) is 1.97. The van der Waals surface area contributed by atoms with Gasteiger partial charge in [-0.25, -0.2) is 8.42 Å². The third-order valence-corrected chi connectivity index (χ3v) is 5.66. The lowest BCUT2D eigenvalue weighted by molar-refractivity contribution is 0.0944. The van der Waals surface area contributed by atoms with Crippen LogP contribution in [0.3, 0.4) is 0 Å². The first-order valence-electron chi connectivity index (χ1n) is 9.72. The second-order valence-corrected chi connectivity index (χ2v) is 8.97. The number of anilines is 1. The third-order valence-electron chi connectivity index (χ3n) is 4.53. The average molecular weight is 419 g/mol. The van der Waals surface area contributed by atoms with Gasteiger partial charge in [-0.05, 0) is 62.1 Å².